The van der Waals surface area contributed by atoms with Crippen LogP contribution in [0, 0.1) is 13.8 Å². The van der Waals surface area contributed by atoms with Crippen LogP contribution >= 0.6 is 11.8 Å². The number of rotatable bonds is 4. The van der Waals surface area contributed by atoms with Gasteiger partial charge in [0.1, 0.15) is 11.0 Å². The van der Waals surface area contributed by atoms with Crippen LogP contribution in [-0.2, 0) is 9.53 Å². The number of H-pyrrole nitrogens is 1. The van der Waals surface area contributed by atoms with Gasteiger partial charge in [0, 0.05) is 24.0 Å². The van der Waals surface area contributed by atoms with Crippen LogP contribution in [0.15, 0.2) is 52.4 Å². The number of amides is 1. The number of para-hydroxylation sites is 1. The van der Waals surface area contributed by atoms with E-state index in [1.54, 1.807) is 9.47 Å². The van der Waals surface area contributed by atoms with Crippen LogP contribution in [0.2, 0.25) is 0 Å². The molecule has 1 saturated heterocycles. The van der Waals surface area contributed by atoms with Crippen molar-refractivity contribution in [2.24, 2.45) is 0 Å². The summed E-state index contributed by atoms with van der Waals surface area (Å²) in [6, 6.07) is 13.6. The number of aromatic amines is 1. The number of benzene rings is 2. The monoisotopic (exact) mass is 448 g/mol. The van der Waals surface area contributed by atoms with Crippen molar-refractivity contribution in [2.45, 2.75) is 19.0 Å². The smallest absolute Gasteiger partial charge is 0.283 e. The van der Waals surface area contributed by atoms with Gasteiger partial charge in [-0.3, -0.25) is 14.2 Å². The molecule has 0 saturated carbocycles. The number of hydrogen-bond acceptors (Lipinski definition) is 5. The summed E-state index contributed by atoms with van der Waals surface area (Å²) in [6.45, 7) is 6.33. The summed E-state index contributed by atoms with van der Waals surface area (Å²) in [7, 11) is 0. The molecule has 8 heteroatoms. The molecule has 32 heavy (non-hydrogen) atoms. The fraction of sp³-hybridized carbons (Fsp3) is 0.292. The van der Waals surface area contributed by atoms with Crippen LogP contribution < -0.4 is 5.56 Å². The van der Waals surface area contributed by atoms with E-state index in [1.165, 1.54) is 11.8 Å². The number of thioether (sulfide) groups is 1. The largest absolute Gasteiger partial charge is 0.378 e. The second-order valence-corrected chi connectivity index (χ2v) is 8.87. The molecule has 4 aromatic rings. The van der Waals surface area contributed by atoms with E-state index in [2.05, 4.69) is 4.98 Å². The van der Waals surface area contributed by atoms with Crippen molar-refractivity contribution in [2.75, 3.05) is 32.1 Å². The van der Waals surface area contributed by atoms with Gasteiger partial charge in [0.05, 0.1) is 24.7 Å². The van der Waals surface area contributed by atoms with E-state index >= 15 is 0 Å². The zero-order valence-electron chi connectivity index (χ0n) is 18.1. The molecule has 0 unspecified atom stereocenters. The van der Waals surface area contributed by atoms with Gasteiger partial charge < -0.3 is 14.6 Å². The summed E-state index contributed by atoms with van der Waals surface area (Å²) in [5, 5.41) is 1.41. The molecule has 0 radical (unpaired) electrons. The van der Waals surface area contributed by atoms with Crippen molar-refractivity contribution in [1.29, 1.82) is 0 Å². The molecule has 2 aromatic carbocycles. The Kier molecular flexibility index (Phi) is 5.48. The number of aromatic nitrogens is 3. The number of ether oxygens (including phenoxy) is 1. The second kappa shape index (κ2) is 8.44. The van der Waals surface area contributed by atoms with Gasteiger partial charge in [0.2, 0.25) is 5.91 Å². The molecule has 0 aliphatic carbocycles. The van der Waals surface area contributed by atoms with E-state index in [4.69, 9.17) is 9.72 Å². The standard InChI is InChI=1S/C24H24N4O3S/c1-15-6-5-9-19(16(15)2)28-23(30)22-21(17-7-3-4-8-18(17)25-22)26-24(28)32-14-20(29)27-10-12-31-13-11-27/h3-9,25H,10-14H2,1-2H3. The number of nitrogens with one attached hydrogen (secondary N) is 1. The molecule has 2 aromatic heterocycles. The van der Waals surface area contributed by atoms with Crippen molar-refractivity contribution >= 4 is 39.6 Å². The summed E-state index contributed by atoms with van der Waals surface area (Å²) in [5.41, 5.74) is 4.68. The van der Waals surface area contributed by atoms with Crippen molar-refractivity contribution in [3.05, 3.63) is 63.9 Å². The number of fused-ring (bicyclic) bond motifs is 3. The maximum absolute atomic E-state index is 13.7. The quantitative estimate of drug-likeness (QED) is 0.382. The third-order valence-electron chi connectivity index (χ3n) is 6.00. The first-order valence-electron chi connectivity index (χ1n) is 10.6. The molecule has 0 spiro atoms. The fourth-order valence-electron chi connectivity index (χ4n) is 4.06. The van der Waals surface area contributed by atoms with Crippen molar-refractivity contribution < 1.29 is 9.53 Å². The van der Waals surface area contributed by atoms with E-state index in [1.807, 2.05) is 56.3 Å². The van der Waals surface area contributed by atoms with Crippen LogP contribution in [0.5, 0.6) is 0 Å². The molecule has 5 rings (SSSR count). The molecule has 1 aliphatic heterocycles. The highest BCUT2D eigenvalue weighted by Gasteiger charge is 2.21. The summed E-state index contributed by atoms with van der Waals surface area (Å²) >= 11 is 1.31. The Labute approximate surface area is 189 Å². The maximum atomic E-state index is 13.7. The van der Waals surface area contributed by atoms with E-state index in [-0.39, 0.29) is 17.2 Å². The molecular weight excluding hydrogens is 424 g/mol. The lowest BCUT2D eigenvalue weighted by Gasteiger charge is -2.26. The minimum absolute atomic E-state index is 0.0269. The van der Waals surface area contributed by atoms with E-state index < -0.39 is 0 Å². The molecule has 1 N–H and O–H groups in total. The fourth-order valence-corrected chi connectivity index (χ4v) is 4.96. The summed E-state index contributed by atoms with van der Waals surface area (Å²) in [4.78, 5) is 36.4. The van der Waals surface area contributed by atoms with E-state index in [9.17, 15) is 9.59 Å². The van der Waals surface area contributed by atoms with Gasteiger partial charge in [-0.05, 0) is 37.1 Å². The van der Waals surface area contributed by atoms with Gasteiger partial charge in [-0.2, -0.15) is 0 Å². The van der Waals surface area contributed by atoms with Crippen LogP contribution in [-0.4, -0.2) is 57.4 Å². The van der Waals surface area contributed by atoms with E-state index in [0.717, 1.165) is 27.7 Å². The van der Waals surface area contributed by atoms with Gasteiger partial charge in [0.25, 0.3) is 5.56 Å². The normalized spacial score (nSPS) is 14.4. The average molecular weight is 449 g/mol. The molecule has 1 aliphatic rings. The lowest BCUT2D eigenvalue weighted by molar-refractivity contribution is -0.132. The molecule has 1 amide bonds. The van der Waals surface area contributed by atoms with E-state index in [0.29, 0.717) is 42.5 Å². The summed E-state index contributed by atoms with van der Waals surface area (Å²) < 4.78 is 6.98. The number of carbonyl (C=O) groups excluding carboxylic acids is 1. The third kappa shape index (κ3) is 3.59. The average Bonchev–Trinajstić information content (AvgIpc) is 3.19. The Morgan fingerprint density at radius 3 is 2.72 bits per heavy atom. The zero-order chi connectivity index (χ0) is 22.2. The minimum Gasteiger partial charge on any atom is -0.378 e. The molecular formula is C24H24N4O3S. The van der Waals surface area contributed by atoms with Crippen LogP contribution in [0.1, 0.15) is 11.1 Å². The summed E-state index contributed by atoms with van der Waals surface area (Å²) in [6.07, 6.45) is 0. The number of carbonyl (C=O) groups is 1. The Balaban J connectivity index is 1.65. The molecule has 1 fully saturated rings. The molecule has 7 nitrogen and oxygen atoms in total. The van der Waals surface area contributed by atoms with Crippen LogP contribution in [0.25, 0.3) is 27.6 Å². The number of aryl methyl sites for hydroxylation is 1. The maximum Gasteiger partial charge on any atom is 0.283 e. The minimum atomic E-state index is -0.166. The molecule has 164 valence electrons. The highest BCUT2D eigenvalue weighted by atomic mass is 32.2. The predicted octanol–water partition coefficient (Wildman–Crippen LogP) is 3.43. The third-order valence-corrected chi connectivity index (χ3v) is 6.92. The summed E-state index contributed by atoms with van der Waals surface area (Å²) in [5.74, 6) is 0.240. The molecule has 3 heterocycles. The highest BCUT2D eigenvalue weighted by Crippen LogP contribution is 2.28. The topological polar surface area (TPSA) is 80.2 Å². The number of hydrogen-bond donors (Lipinski definition) is 1. The molecule has 0 bridgehead atoms. The Morgan fingerprint density at radius 2 is 1.91 bits per heavy atom. The first-order valence-corrected chi connectivity index (χ1v) is 11.6. The van der Waals surface area contributed by atoms with Crippen molar-refractivity contribution in [3.63, 3.8) is 0 Å². The van der Waals surface area contributed by atoms with Crippen LogP contribution in [0.4, 0.5) is 0 Å². The van der Waals surface area contributed by atoms with Crippen molar-refractivity contribution in [3.8, 4) is 5.69 Å². The number of morpholine rings is 1. The van der Waals surface area contributed by atoms with Crippen LogP contribution in [0.3, 0.4) is 0 Å². The first-order chi connectivity index (χ1) is 15.5. The lowest BCUT2D eigenvalue weighted by atomic mass is 10.1. The zero-order valence-corrected chi connectivity index (χ0v) is 18.9. The SMILES string of the molecule is Cc1cccc(-n2c(SCC(=O)N3CCOCC3)nc3c([nH]c4ccccc43)c2=O)c1C. The highest BCUT2D eigenvalue weighted by molar-refractivity contribution is 7.99. The Morgan fingerprint density at radius 1 is 1.12 bits per heavy atom. The van der Waals surface area contributed by atoms with Gasteiger partial charge >= 0.3 is 0 Å². The first kappa shape index (κ1) is 20.8. The Hall–Kier alpha value is -3.10. The van der Waals surface area contributed by atoms with Gasteiger partial charge in [-0.15, -0.1) is 0 Å². The second-order valence-electron chi connectivity index (χ2n) is 7.93. The van der Waals surface area contributed by atoms with Gasteiger partial charge in [-0.1, -0.05) is 42.1 Å². The van der Waals surface area contributed by atoms with Gasteiger partial charge in [0.15, 0.2) is 5.16 Å². The Bertz CT molecular complexity index is 1390. The predicted molar refractivity (Wildman–Crippen MR) is 127 cm³/mol. The number of nitrogens with zero attached hydrogens (tertiary/aromatic N) is 3. The van der Waals surface area contributed by atoms with Gasteiger partial charge in [-0.25, -0.2) is 4.98 Å². The lowest BCUT2D eigenvalue weighted by Crippen LogP contribution is -2.41. The molecule has 0 atom stereocenters. The van der Waals surface area contributed by atoms with Crippen molar-refractivity contribution in [1.82, 2.24) is 19.4 Å².